The van der Waals surface area contributed by atoms with E-state index in [0.717, 1.165) is 29.9 Å². The molecule has 1 saturated carbocycles. The molecule has 25 heavy (non-hydrogen) atoms. The molecule has 6 nitrogen and oxygen atoms in total. The number of anilines is 1. The summed E-state index contributed by atoms with van der Waals surface area (Å²) in [6.45, 7) is 1.11. The third-order valence-electron chi connectivity index (χ3n) is 4.55. The fraction of sp³-hybridized carbons (Fsp3) is 0.316. The SMILES string of the molecule is COc1ccccc1NC(=O)NC1(c2ccc3c(c2)OCCO3)CC1. The molecule has 0 spiro atoms. The van der Waals surface area contributed by atoms with Crippen LogP contribution in [0.5, 0.6) is 17.2 Å². The van der Waals surface area contributed by atoms with Gasteiger partial charge in [-0.05, 0) is 42.7 Å². The summed E-state index contributed by atoms with van der Waals surface area (Å²) in [6, 6.07) is 12.9. The van der Waals surface area contributed by atoms with Gasteiger partial charge < -0.3 is 24.8 Å². The molecule has 4 rings (SSSR count). The van der Waals surface area contributed by atoms with Gasteiger partial charge in [-0.2, -0.15) is 0 Å². The van der Waals surface area contributed by atoms with Crippen molar-refractivity contribution in [3.63, 3.8) is 0 Å². The van der Waals surface area contributed by atoms with Gasteiger partial charge in [-0.3, -0.25) is 0 Å². The van der Waals surface area contributed by atoms with Crippen LogP contribution in [-0.4, -0.2) is 26.4 Å². The molecule has 1 heterocycles. The number of hydrogen-bond acceptors (Lipinski definition) is 4. The molecule has 0 atom stereocenters. The molecular weight excluding hydrogens is 320 g/mol. The van der Waals surface area contributed by atoms with E-state index >= 15 is 0 Å². The summed E-state index contributed by atoms with van der Waals surface area (Å²) in [5, 5.41) is 5.95. The fourth-order valence-corrected chi connectivity index (χ4v) is 3.07. The van der Waals surface area contributed by atoms with Crippen LogP contribution in [0.25, 0.3) is 0 Å². The van der Waals surface area contributed by atoms with Crippen LogP contribution >= 0.6 is 0 Å². The predicted molar refractivity (Wildman–Crippen MR) is 93.5 cm³/mol. The molecule has 0 aromatic heterocycles. The summed E-state index contributed by atoms with van der Waals surface area (Å²) in [5.74, 6) is 2.12. The summed E-state index contributed by atoms with van der Waals surface area (Å²) < 4.78 is 16.5. The van der Waals surface area contributed by atoms with Crippen molar-refractivity contribution in [1.82, 2.24) is 5.32 Å². The molecule has 2 aromatic carbocycles. The van der Waals surface area contributed by atoms with Gasteiger partial charge in [-0.25, -0.2) is 4.79 Å². The van der Waals surface area contributed by atoms with Crippen molar-refractivity contribution in [2.75, 3.05) is 25.6 Å². The van der Waals surface area contributed by atoms with E-state index in [1.807, 2.05) is 42.5 Å². The van der Waals surface area contributed by atoms with Crippen molar-refractivity contribution in [2.45, 2.75) is 18.4 Å². The number of amides is 2. The zero-order valence-electron chi connectivity index (χ0n) is 14.0. The minimum atomic E-state index is -0.345. The Kier molecular flexibility index (Phi) is 3.87. The van der Waals surface area contributed by atoms with Crippen LogP contribution in [0.3, 0.4) is 0 Å². The maximum atomic E-state index is 12.5. The van der Waals surface area contributed by atoms with Gasteiger partial charge in [-0.15, -0.1) is 0 Å². The summed E-state index contributed by atoms with van der Waals surface area (Å²) in [5.41, 5.74) is 1.33. The van der Waals surface area contributed by atoms with E-state index in [9.17, 15) is 4.79 Å². The zero-order valence-corrected chi connectivity index (χ0v) is 14.0. The first-order valence-corrected chi connectivity index (χ1v) is 8.32. The molecule has 0 bridgehead atoms. The zero-order chi connectivity index (χ0) is 17.3. The average molecular weight is 340 g/mol. The highest BCUT2D eigenvalue weighted by molar-refractivity contribution is 5.91. The summed E-state index contributed by atoms with van der Waals surface area (Å²) in [4.78, 5) is 12.5. The Hall–Kier alpha value is -2.89. The number of urea groups is 1. The van der Waals surface area contributed by atoms with Gasteiger partial charge in [0.1, 0.15) is 19.0 Å². The number of carbonyl (C=O) groups excluding carboxylic acids is 1. The van der Waals surface area contributed by atoms with Crippen LogP contribution < -0.4 is 24.8 Å². The van der Waals surface area contributed by atoms with E-state index in [0.29, 0.717) is 24.7 Å². The number of carbonyl (C=O) groups is 1. The number of ether oxygens (including phenoxy) is 3. The van der Waals surface area contributed by atoms with Crippen LogP contribution in [0.4, 0.5) is 10.5 Å². The maximum absolute atomic E-state index is 12.5. The van der Waals surface area contributed by atoms with Gasteiger partial charge in [0.15, 0.2) is 11.5 Å². The lowest BCUT2D eigenvalue weighted by atomic mass is 10.0. The molecule has 1 fully saturated rings. The highest BCUT2D eigenvalue weighted by Crippen LogP contribution is 2.48. The van der Waals surface area contributed by atoms with Crippen molar-refractivity contribution in [3.8, 4) is 17.2 Å². The van der Waals surface area contributed by atoms with Gasteiger partial charge in [0.05, 0.1) is 18.3 Å². The van der Waals surface area contributed by atoms with Crippen LogP contribution in [0.2, 0.25) is 0 Å². The van der Waals surface area contributed by atoms with E-state index in [2.05, 4.69) is 10.6 Å². The average Bonchev–Trinajstić information content (AvgIpc) is 3.42. The highest BCUT2D eigenvalue weighted by atomic mass is 16.6. The molecule has 2 aromatic rings. The normalized spacial score (nSPS) is 16.7. The summed E-state index contributed by atoms with van der Waals surface area (Å²) in [7, 11) is 1.58. The molecule has 0 unspecified atom stereocenters. The van der Waals surface area contributed by atoms with E-state index in [1.165, 1.54) is 0 Å². The maximum Gasteiger partial charge on any atom is 0.320 e. The highest BCUT2D eigenvalue weighted by Gasteiger charge is 2.46. The standard InChI is InChI=1S/C19H20N2O4/c1-23-15-5-3-2-4-14(15)20-18(22)21-19(8-9-19)13-6-7-16-17(12-13)25-11-10-24-16/h2-7,12H,8-11H2,1H3,(H2,20,21,22). The first-order chi connectivity index (χ1) is 12.2. The summed E-state index contributed by atoms with van der Waals surface area (Å²) in [6.07, 6.45) is 1.79. The second-order valence-corrected chi connectivity index (χ2v) is 6.22. The lowest BCUT2D eigenvalue weighted by molar-refractivity contribution is 0.171. The Balaban J connectivity index is 1.49. The van der Waals surface area contributed by atoms with E-state index in [-0.39, 0.29) is 11.6 Å². The van der Waals surface area contributed by atoms with Crippen molar-refractivity contribution in [3.05, 3.63) is 48.0 Å². The van der Waals surface area contributed by atoms with Gasteiger partial charge >= 0.3 is 6.03 Å². The van der Waals surface area contributed by atoms with Gasteiger partial charge in [0.2, 0.25) is 0 Å². The van der Waals surface area contributed by atoms with E-state index < -0.39 is 0 Å². The smallest absolute Gasteiger partial charge is 0.320 e. The molecule has 6 heteroatoms. The largest absolute Gasteiger partial charge is 0.495 e. The van der Waals surface area contributed by atoms with E-state index in [1.54, 1.807) is 7.11 Å². The number of para-hydroxylation sites is 2. The fourth-order valence-electron chi connectivity index (χ4n) is 3.07. The number of hydrogen-bond donors (Lipinski definition) is 2. The number of rotatable bonds is 4. The van der Waals surface area contributed by atoms with Gasteiger partial charge in [0, 0.05) is 0 Å². The molecule has 2 aliphatic rings. The Morgan fingerprint density at radius 2 is 1.84 bits per heavy atom. The lowest BCUT2D eigenvalue weighted by Crippen LogP contribution is -2.38. The summed E-state index contributed by atoms with van der Waals surface area (Å²) >= 11 is 0. The van der Waals surface area contributed by atoms with Crippen LogP contribution in [0.15, 0.2) is 42.5 Å². The second kappa shape index (κ2) is 6.20. The quantitative estimate of drug-likeness (QED) is 0.896. The number of nitrogens with one attached hydrogen (secondary N) is 2. The first-order valence-electron chi connectivity index (χ1n) is 8.32. The number of methoxy groups -OCH3 is 1. The van der Waals surface area contributed by atoms with Crippen molar-refractivity contribution < 1.29 is 19.0 Å². The van der Waals surface area contributed by atoms with Crippen molar-refractivity contribution >= 4 is 11.7 Å². The Morgan fingerprint density at radius 1 is 1.08 bits per heavy atom. The van der Waals surface area contributed by atoms with Crippen LogP contribution in [0.1, 0.15) is 18.4 Å². The third-order valence-corrected chi connectivity index (χ3v) is 4.55. The van der Waals surface area contributed by atoms with Crippen LogP contribution in [0, 0.1) is 0 Å². The molecule has 0 saturated heterocycles. The molecular formula is C19H20N2O4. The Bertz CT molecular complexity index is 802. The van der Waals surface area contributed by atoms with Crippen molar-refractivity contribution in [1.29, 1.82) is 0 Å². The minimum absolute atomic E-state index is 0.253. The molecule has 0 radical (unpaired) electrons. The minimum Gasteiger partial charge on any atom is -0.495 e. The van der Waals surface area contributed by atoms with Crippen LogP contribution in [-0.2, 0) is 5.54 Å². The molecule has 130 valence electrons. The monoisotopic (exact) mass is 340 g/mol. The first kappa shape index (κ1) is 15.6. The van der Waals surface area contributed by atoms with Gasteiger partial charge in [0.25, 0.3) is 0 Å². The van der Waals surface area contributed by atoms with Crippen molar-refractivity contribution in [2.24, 2.45) is 0 Å². The van der Waals surface area contributed by atoms with Gasteiger partial charge in [-0.1, -0.05) is 18.2 Å². The topological polar surface area (TPSA) is 68.8 Å². The predicted octanol–water partition coefficient (Wildman–Crippen LogP) is 3.28. The molecule has 2 N–H and O–H groups in total. The Labute approximate surface area is 146 Å². The molecule has 1 aliphatic carbocycles. The molecule has 2 amide bonds. The molecule has 1 aliphatic heterocycles. The number of fused-ring (bicyclic) bond motifs is 1. The van der Waals surface area contributed by atoms with E-state index in [4.69, 9.17) is 14.2 Å². The number of benzene rings is 2. The lowest BCUT2D eigenvalue weighted by Gasteiger charge is -2.23. The second-order valence-electron chi connectivity index (χ2n) is 6.22. The third kappa shape index (κ3) is 3.07. The Morgan fingerprint density at radius 3 is 2.60 bits per heavy atom.